The Balaban J connectivity index is 2.05. The van der Waals surface area contributed by atoms with E-state index in [1.807, 2.05) is 13.8 Å². The van der Waals surface area contributed by atoms with E-state index in [1.165, 1.54) is 24.3 Å². The Morgan fingerprint density at radius 1 is 1.03 bits per heavy atom. The summed E-state index contributed by atoms with van der Waals surface area (Å²) in [4.78, 5) is 28.9. The molecule has 1 heterocycles. The van der Waals surface area contributed by atoms with Crippen molar-refractivity contribution in [2.75, 3.05) is 25.1 Å². The van der Waals surface area contributed by atoms with Crippen molar-refractivity contribution in [3.05, 3.63) is 65.6 Å². The Morgan fingerprint density at radius 2 is 1.66 bits per heavy atom. The summed E-state index contributed by atoms with van der Waals surface area (Å²) in [6.07, 6.45) is 0.00923. The maximum atomic E-state index is 13.3. The molecule has 29 heavy (non-hydrogen) atoms. The van der Waals surface area contributed by atoms with Crippen molar-refractivity contribution in [1.29, 1.82) is 0 Å². The molecule has 0 aliphatic carbocycles. The van der Waals surface area contributed by atoms with Crippen molar-refractivity contribution in [3.63, 3.8) is 0 Å². The number of amides is 2. The number of nitrogens with zero attached hydrogens (tertiary/aromatic N) is 2. The molecule has 0 radical (unpaired) electrons. The topological polar surface area (TPSA) is 70.1 Å². The Hall–Kier alpha value is -3.19. The van der Waals surface area contributed by atoms with E-state index < -0.39 is 17.6 Å². The molecule has 2 aromatic carbocycles. The number of hydrogen-bond donors (Lipinski definition) is 1. The van der Waals surface area contributed by atoms with Crippen LogP contribution in [-0.2, 0) is 9.59 Å². The summed E-state index contributed by atoms with van der Waals surface area (Å²) in [5.74, 6) is -0.824. The molecule has 1 N–H and O–H groups in total. The minimum Gasteiger partial charge on any atom is -0.491 e. The number of likely N-dealkylation sites (N-methyl/N-ethyl adjacent to an activating group) is 1. The Morgan fingerprint density at radius 3 is 2.21 bits per heavy atom. The van der Waals surface area contributed by atoms with Gasteiger partial charge in [0.15, 0.2) is 0 Å². The highest BCUT2D eigenvalue weighted by atomic mass is 19.1. The summed E-state index contributed by atoms with van der Waals surface area (Å²) in [5.41, 5.74) is 1.26. The molecule has 0 saturated heterocycles. The van der Waals surface area contributed by atoms with Gasteiger partial charge in [-0.2, -0.15) is 0 Å². The van der Waals surface area contributed by atoms with Gasteiger partial charge in [0, 0.05) is 13.6 Å². The van der Waals surface area contributed by atoms with Gasteiger partial charge in [0.05, 0.1) is 24.0 Å². The number of hydrogen-bond acceptors (Lipinski definition) is 5. The predicted octanol–water partition coefficient (Wildman–Crippen LogP) is 2.82. The summed E-state index contributed by atoms with van der Waals surface area (Å²) in [5, 5.41) is 9.31. The van der Waals surface area contributed by atoms with Crippen molar-refractivity contribution in [1.82, 2.24) is 4.90 Å². The molecule has 0 bridgehead atoms. The van der Waals surface area contributed by atoms with Gasteiger partial charge in [-0.25, -0.2) is 9.29 Å². The van der Waals surface area contributed by atoms with Crippen LogP contribution in [0.5, 0.6) is 5.75 Å². The third-order valence-electron chi connectivity index (χ3n) is 4.48. The second-order valence-corrected chi connectivity index (χ2v) is 6.98. The van der Waals surface area contributed by atoms with E-state index in [1.54, 1.807) is 36.2 Å². The van der Waals surface area contributed by atoms with Gasteiger partial charge in [-0.3, -0.25) is 9.59 Å². The summed E-state index contributed by atoms with van der Waals surface area (Å²) in [7, 11) is 1.64. The second-order valence-electron chi connectivity index (χ2n) is 6.98. The van der Waals surface area contributed by atoms with Crippen LogP contribution in [0.25, 0.3) is 5.57 Å². The number of carbonyl (C=O) groups is 2. The fourth-order valence-electron chi connectivity index (χ4n) is 3.19. The second kappa shape index (κ2) is 8.45. The summed E-state index contributed by atoms with van der Waals surface area (Å²) < 4.78 is 18.9. The van der Waals surface area contributed by atoms with Crippen LogP contribution in [0.15, 0.2) is 54.2 Å². The molecule has 3 rings (SSSR count). The van der Waals surface area contributed by atoms with Crippen LogP contribution in [0.1, 0.15) is 19.4 Å². The maximum absolute atomic E-state index is 13.3. The summed E-state index contributed by atoms with van der Waals surface area (Å²) in [6, 6.07) is 12.1. The Kier molecular flexibility index (Phi) is 5.98. The van der Waals surface area contributed by atoms with E-state index in [0.717, 1.165) is 4.90 Å². The lowest BCUT2D eigenvalue weighted by molar-refractivity contribution is -0.120. The van der Waals surface area contributed by atoms with Crippen molar-refractivity contribution in [2.24, 2.45) is 0 Å². The van der Waals surface area contributed by atoms with Crippen LogP contribution in [0.4, 0.5) is 10.1 Å². The lowest BCUT2D eigenvalue weighted by atomic mass is 10.0. The first-order chi connectivity index (χ1) is 13.8. The average molecular weight is 398 g/mol. The maximum Gasteiger partial charge on any atom is 0.282 e. The highest BCUT2D eigenvalue weighted by molar-refractivity contribution is 6.45. The lowest BCUT2D eigenvalue weighted by Crippen LogP contribution is -2.34. The molecule has 0 unspecified atom stereocenters. The standard InChI is InChI=1S/C22H23FN2O4/c1-14(2)29-18-10-4-15(5-11-18)19-20(24(3)12-13-26)22(28)25(21(19)27)17-8-6-16(23)7-9-17/h4-11,14,26H,12-13H2,1-3H3. The van der Waals surface area contributed by atoms with Gasteiger partial charge in [-0.15, -0.1) is 0 Å². The molecule has 7 heteroatoms. The zero-order valence-electron chi connectivity index (χ0n) is 16.6. The van der Waals surface area contributed by atoms with Crippen molar-refractivity contribution < 1.29 is 23.8 Å². The zero-order chi connectivity index (χ0) is 21.1. The van der Waals surface area contributed by atoms with Gasteiger partial charge in [-0.05, 0) is 55.8 Å². The van der Waals surface area contributed by atoms with Crippen molar-refractivity contribution in [2.45, 2.75) is 20.0 Å². The third-order valence-corrected chi connectivity index (χ3v) is 4.48. The van der Waals surface area contributed by atoms with Crippen LogP contribution in [0.2, 0.25) is 0 Å². The normalized spacial score (nSPS) is 14.2. The molecule has 0 saturated carbocycles. The molecular weight excluding hydrogens is 375 g/mol. The molecule has 2 amide bonds. The minimum absolute atomic E-state index is 0.00923. The van der Waals surface area contributed by atoms with E-state index in [4.69, 9.17) is 4.74 Å². The van der Waals surface area contributed by atoms with E-state index in [-0.39, 0.29) is 36.2 Å². The number of benzene rings is 2. The van der Waals surface area contributed by atoms with E-state index >= 15 is 0 Å². The first kappa shape index (κ1) is 20.5. The largest absolute Gasteiger partial charge is 0.491 e. The molecular formula is C22H23FN2O4. The van der Waals surface area contributed by atoms with Crippen molar-refractivity contribution in [3.8, 4) is 5.75 Å². The molecule has 6 nitrogen and oxygen atoms in total. The fourth-order valence-corrected chi connectivity index (χ4v) is 3.19. The van der Waals surface area contributed by atoms with E-state index in [2.05, 4.69) is 0 Å². The molecule has 152 valence electrons. The van der Waals surface area contributed by atoms with Crippen LogP contribution in [-0.4, -0.2) is 48.1 Å². The molecule has 0 fully saturated rings. The van der Waals surface area contributed by atoms with E-state index in [9.17, 15) is 19.1 Å². The predicted molar refractivity (Wildman–Crippen MR) is 108 cm³/mol. The van der Waals surface area contributed by atoms with Crippen molar-refractivity contribution >= 4 is 23.1 Å². The van der Waals surface area contributed by atoms with Gasteiger partial charge in [0.25, 0.3) is 11.8 Å². The Labute approximate surface area is 168 Å². The first-order valence-corrected chi connectivity index (χ1v) is 9.31. The van der Waals surface area contributed by atoms with Gasteiger partial charge < -0.3 is 14.7 Å². The van der Waals surface area contributed by atoms with Crippen LogP contribution in [0, 0.1) is 5.82 Å². The molecule has 0 atom stereocenters. The minimum atomic E-state index is -0.518. The van der Waals surface area contributed by atoms with Gasteiger partial charge in [-0.1, -0.05) is 12.1 Å². The van der Waals surface area contributed by atoms with E-state index in [0.29, 0.717) is 11.3 Å². The number of aliphatic hydroxyl groups is 1. The number of carbonyl (C=O) groups excluding carboxylic acids is 2. The lowest BCUT2D eigenvalue weighted by Gasteiger charge is -2.20. The number of halogens is 1. The summed E-state index contributed by atoms with van der Waals surface area (Å²) >= 11 is 0. The first-order valence-electron chi connectivity index (χ1n) is 9.31. The fraction of sp³-hybridized carbons (Fsp3) is 0.273. The number of rotatable bonds is 7. The molecule has 0 aromatic heterocycles. The third kappa shape index (κ3) is 4.14. The SMILES string of the molecule is CC(C)Oc1ccc(C2=C(N(C)CCO)C(=O)N(c3ccc(F)cc3)C2=O)cc1. The molecule has 1 aliphatic heterocycles. The van der Waals surface area contributed by atoms with Crippen LogP contribution in [0.3, 0.4) is 0 Å². The molecule has 0 spiro atoms. The molecule has 1 aliphatic rings. The smallest absolute Gasteiger partial charge is 0.282 e. The Bertz CT molecular complexity index is 936. The van der Waals surface area contributed by atoms with Gasteiger partial charge in [0.2, 0.25) is 0 Å². The average Bonchev–Trinajstić information content (AvgIpc) is 2.93. The zero-order valence-corrected chi connectivity index (χ0v) is 16.6. The van der Waals surface area contributed by atoms with Crippen LogP contribution >= 0.6 is 0 Å². The quantitative estimate of drug-likeness (QED) is 0.727. The monoisotopic (exact) mass is 398 g/mol. The summed E-state index contributed by atoms with van der Waals surface area (Å²) in [6.45, 7) is 3.84. The van der Waals surface area contributed by atoms with Gasteiger partial charge in [0.1, 0.15) is 17.3 Å². The number of ether oxygens (including phenoxy) is 1. The number of aliphatic hydroxyl groups excluding tert-OH is 1. The number of imide groups is 1. The van der Waals surface area contributed by atoms with Crippen LogP contribution < -0.4 is 9.64 Å². The number of anilines is 1. The van der Waals surface area contributed by atoms with Gasteiger partial charge >= 0.3 is 0 Å². The highest BCUT2D eigenvalue weighted by Crippen LogP contribution is 2.35. The highest BCUT2D eigenvalue weighted by Gasteiger charge is 2.41. The molecule has 2 aromatic rings.